The molecular weight excluding hydrogens is 488 g/mol. The summed E-state index contributed by atoms with van der Waals surface area (Å²) >= 11 is 0.548. The summed E-state index contributed by atoms with van der Waals surface area (Å²) in [5.74, 6) is -1.46. The van der Waals surface area contributed by atoms with Crippen LogP contribution in [0.5, 0.6) is 0 Å². The van der Waals surface area contributed by atoms with Crippen molar-refractivity contribution in [2.24, 2.45) is 5.92 Å². The minimum Gasteiger partial charge on any atom is -0.481 e. The minimum absolute atomic E-state index is 0.0703. The van der Waals surface area contributed by atoms with E-state index in [2.05, 4.69) is 36.0 Å². The number of sulfone groups is 1. The van der Waals surface area contributed by atoms with E-state index >= 15 is 0 Å². The lowest BCUT2D eigenvalue weighted by Crippen LogP contribution is -2.20. The van der Waals surface area contributed by atoms with Crippen LogP contribution in [0.2, 0.25) is 0 Å². The number of hydrogen-bond acceptors (Lipinski definition) is 11. The molecular formula is C18H18N8O6S2. The Bertz CT molecular complexity index is 1330. The third-order valence-corrected chi connectivity index (χ3v) is 8.10. The number of carbonyl (C=O) groups excluding carboxylic acids is 2. The summed E-state index contributed by atoms with van der Waals surface area (Å²) in [6, 6.07) is 2.18. The normalized spacial score (nSPS) is 14.1. The summed E-state index contributed by atoms with van der Waals surface area (Å²) in [6.45, 7) is 0. The number of aliphatic carboxylic acids is 1. The van der Waals surface area contributed by atoms with E-state index in [1.807, 2.05) is 5.21 Å². The highest BCUT2D eigenvalue weighted by molar-refractivity contribution is 7.93. The lowest BCUT2D eigenvalue weighted by Gasteiger charge is -2.09. The number of pyridine rings is 1. The highest BCUT2D eigenvalue weighted by Gasteiger charge is 2.31. The first kappa shape index (κ1) is 23.4. The van der Waals surface area contributed by atoms with Gasteiger partial charge in [0, 0.05) is 17.8 Å². The maximum absolute atomic E-state index is 12.7. The number of thiazole rings is 1. The second-order valence-electron chi connectivity index (χ2n) is 7.38. The number of nitrogens with zero attached hydrogens (tertiary/aromatic N) is 5. The molecule has 1 saturated carbocycles. The van der Waals surface area contributed by atoms with E-state index in [9.17, 15) is 22.8 Å². The summed E-state index contributed by atoms with van der Waals surface area (Å²) in [4.78, 5) is 44.3. The van der Waals surface area contributed by atoms with Gasteiger partial charge in [0.05, 0.1) is 12.1 Å². The number of carboxylic acid groups (broad SMARTS) is 1. The number of carbonyl (C=O) groups is 3. The van der Waals surface area contributed by atoms with Gasteiger partial charge in [-0.2, -0.15) is 5.21 Å². The van der Waals surface area contributed by atoms with E-state index in [1.165, 1.54) is 18.3 Å². The number of carboxylic acids is 1. The van der Waals surface area contributed by atoms with Gasteiger partial charge in [0.1, 0.15) is 5.69 Å². The van der Waals surface area contributed by atoms with E-state index < -0.39 is 37.6 Å². The molecule has 34 heavy (non-hydrogen) atoms. The zero-order valence-electron chi connectivity index (χ0n) is 17.4. The van der Waals surface area contributed by atoms with E-state index in [1.54, 1.807) is 0 Å². The van der Waals surface area contributed by atoms with Gasteiger partial charge in [0.2, 0.25) is 0 Å². The summed E-state index contributed by atoms with van der Waals surface area (Å²) in [6.07, 6.45) is 4.33. The van der Waals surface area contributed by atoms with Gasteiger partial charge in [-0.25, -0.2) is 18.2 Å². The molecule has 3 aromatic rings. The number of rotatable bonds is 8. The molecule has 0 bridgehead atoms. The third-order valence-electron chi connectivity index (χ3n) is 5.01. The molecule has 0 aromatic carbocycles. The zero-order chi connectivity index (χ0) is 24.3. The van der Waals surface area contributed by atoms with Gasteiger partial charge in [0.15, 0.2) is 15.1 Å². The van der Waals surface area contributed by atoms with Gasteiger partial charge >= 0.3 is 12.0 Å². The summed E-state index contributed by atoms with van der Waals surface area (Å²) in [7, 11) is -4.31. The van der Waals surface area contributed by atoms with Crippen molar-refractivity contribution >= 4 is 49.8 Å². The predicted octanol–water partition coefficient (Wildman–Crippen LogP) is 1.53. The zero-order valence-corrected chi connectivity index (χ0v) is 19.0. The number of aromatic nitrogens is 6. The van der Waals surface area contributed by atoms with Crippen LogP contribution in [0.1, 0.15) is 41.9 Å². The van der Waals surface area contributed by atoms with Crippen LogP contribution in [0.4, 0.5) is 15.6 Å². The van der Waals surface area contributed by atoms with Gasteiger partial charge in [-0.1, -0.05) is 29.3 Å². The Morgan fingerprint density at radius 2 is 1.97 bits per heavy atom. The molecule has 2 amide bonds. The number of ketones is 1. The molecule has 0 radical (unpaired) electrons. The van der Waals surface area contributed by atoms with Gasteiger partial charge in [-0.15, -0.1) is 5.10 Å². The summed E-state index contributed by atoms with van der Waals surface area (Å²) in [5, 5.41) is 25.3. The quantitative estimate of drug-likeness (QED) is 0.322. The Morgan fingerprint density at radius 3 is 2.65 bits per heavy atom. The Hall–Kier alpha value is -3.79. The lowest BCUT2D eigenvalue weighted by atomic mass is 9.99. The van der Waals surface area contributed by atoms with E-state index in [0.717, 1.165) is 25.7 Å². The number of Topliss-reactive ketones (excluding diaryl/α,β-unsaturated/α-hetero) is 1. The van der Waals surface area contributed by atoms with Crippen molar-refractivity contribution in [1.82, 2.24) is 30.6 Å². The van der Waals surface area contributed by atoms with Crippen LogP contribution >= 0.6 is 11.3 Å². The van der Waals surface area contributed by atoms with Gasteiger partial charge < -0.3 is 10.4 Å². The molecule has 3 aromatic heterocycles. The molecule has 14 nitrogen and oxygen atoms in total. The van der Waals surface area contributed by atoms with Crippen LogP contribution in [-0.4, -0.2) is 61.9 Å². The molecule has 1 aliphatic carbocycles. The highest BCUT2D eigenvalue weighted by Crippen LogP contribution is 2.32. The first-order chi connectivity index (χ1) is 16.2. The van der Waals surface area contributed by atoms with Crippen LogP contribution in [0, 0.1) is 5.92 Å². The van der Waals surface area contributed by atoms with E-state index in [4.69, 9.17) is 5.11 Å². The molecule has 0 atom stereocenters. The molecule has 3 heterocycles. The van der Waals surface area contributed by atoms with Crippen LogP contribution < -0.4 is 10.6 Å². The largest absolute Gasteiger partial charge is 0.481 e. The molecule has 4 N–H and O–H groups in total. The predicted molar refractivity (Wildman–Crippen MR) is 116 cm³/mol. The van der Waals surface area contributed by atoms with Crippen molar-refractivity contribution in [2.75, 3.05) is 10.6 Å². The Morgan fingerprint density at radius 1 is 1.21 bits per heavy atom. The fourth-order valence-corrected chi connectivity index (χ4v) is 6.02. The van der Waals surface area contributed by atoms with Gasteiger partial charge in [-0.05, 0) is 30.2 Å². The monoisotopic (exact) mass is 506 g/mol. The molecule has 178 valence electrons. The van der Waals surface area contributed by atoms with Crippen molar-refractivity contribution in [1.29, 1.82) is 0 Å². The van der Waals surface area contributed by atoms with Crippen LogP contribution in [0.3, 0.4) is 0 Å². The molecule has 0 unspecified atom stereocenters. The van der Waals surface area contributed by atoms with Gasteiger partial charge in [0.25, 0.3) is 15.0 Å². The van der Waals surface area contributed by atoms with Crippen molar-refractivity contribution in [3.8, 4) is 0 Å². The molecule has 0 spiro atoms. The standard InChI is InChI=1S/C18H18N8O6S2/c27-13(28)8-12-15(34(31,32)18-23-25-26-24-18)33-17(21-12)22-16(30)20-10-5-6-19-11(7-10)14(29)9-3-1-2-4-9/h5-7,9H,1-4,8H2,(H,27,28)(H,23,24,25,26)(H2,19,20,21,22,30). The minimum atomic E-state index is -4.31. The first-order valence-electron chi connectivity index (χ1n) is 10.0. The summed E-state index contributed by atoms with van der Waals surface area (Å²) < 4.78 is 25.0. The SMILES string of the molecule is O=C(O)Cc1nc(NC(=O)Nc2ccnc(C(=O)C3CCCC3)c2)sc1S(=O)(=O)c1nn[nH]n1. The number of H-pyrrole nitrogens is 1. The second-order valence-corrected chi connectivity index (χ2v) is 10.4. The topological polar surface area (TPSA) is 210 Å². The number of nitrogens with one attached hydrogen (secondary N) is 3. The molecule has 16 heteroatoms. The second kappa shape index (κ2) is 9.60. The lowest BCUT2D eigenvalue weighted by molar-refractivity contribution is -0.136. The highest BCUT2D eigenvalue weighted by atomic mass is 32.2. The molecule has 1 fully saturated rings. The van der Waals surface area contributed by atoms with Crippen LogP contribution in [0.25, 0.3) is 0 Å². The van der Waals surface area contributed by atoms with Crippen molar-refractivity contribution < 1.29 is 27.9 Å². The van der Waals surface area contributed by atoms with Gasteiger partial charge in [-0.3, -0.25) is 19.9 Å². The Kier molecular flexibility index (Phi) is 6.60. The average molecular weight is 507 g/mol. The van der Waals surface area contributed by atoms with Crippen LogP contribution in [-0.2, 0) is 21.1 Å². The molecule has 4 rings (SSSR count). The third kappa shape index (κ3) is 5.07. The Balaban J connectivity index is 1.51. The summed E-state index contributed by atoms with van der Waals surface area (Å²) in [5.41, 5.74) is 0.262. The smallest absolute Gasteiger partial charge is 0.325 e. The number of amides is 2. The number of urea groups is 1. The van der Waals surface area contributed by atoms with Crippen molar-refractivity contribution in [3.63, 3.8) is 0 Å². The molecule has 0 aliphatic heterocycles. The average Bonchev–Trinajstić information content (AvgIpc) is 3.55. The number of aromatic amines is 1. The maximum atomic E-state index is 12.7. The molecule has 0 saturated heterocycles. The fourth-order valence-electron chi connectivity index (χ4n) is 3.51. The Labute approximate surface area is 196 Å². The van der Waals surface area contributed by atoms with E-state index in [-0.39, 0.29) is 28.2 Å². The van der Waals surface area contributed by atoms with Crippen LogP contribution in [0.15, 0.2) is 27.7 Å². The number of anilines is 2. The van der Waals surface area contributed by atoms with Crippen molar-refractivity contribution in [2.45, 2.75) is 41.5 Å². The number of hydrogen-bond donors (Lipinski definition) is 4. The number of tetrazole rings is 1. The van der Waals surface area contributed by atoms with Crippen molar-refractivity contribution in [3.05, 3.63) is 29.7 Å². The fraction of sp³-hybridized carbons (Fsp3) is 0.333. The van der Waals surface area contributed by atoms with E-state index in [0.29, 0.717) is 17.0 Å². The first-order valence-corrected chi connectivity index (χ1v) is 12.3. The molecule has 1 aliphatic rings. The maximum Gasteiger partial charge on any atom is 0.325 e.